The van der Waals surface area contributed by atoms with Crippen LogP contribution in [0.15, 0.2) is 69.8 Å². The second kappa shape index (κ2) is 10.4. The van der Waals surface area contributed by atoms with Crippen molar-refractivity contribution in [2.24, 2.45) is 4.99 Å². The van der Waals surface area contributed by atoms with E-state index in [1.807, 2.05) is 18.2 Å². The summed E-state index contributed by atoms with van der Waals surface area (Å²) >= 11 is 5.89. The molecule has 156 valence electrons. The highest BCUT2D eigenvalue weighted by atomic mass is 35.5. The molecule has 0 bridgehead atoms. The lowest BCUT2D eigenvalue weighted by Crippen LogP contribution is -2.11. The Morgan fingerprint density at radius 2 is 2.00 bits per heavy atom. The summed E-state index contributed by atoms with van der Waals surface area (Å²) in [4.78, 5) is 19.7. The van der Waals surface area contributed by atoms with Crippen molar-refractivity contribution in [3.05, 3.63) is 86.9 Å². The van der Waals surface area contributed by atoms with Gasteiger partial charge in [-0.3, -0.25) is 20.1 Å². The number of hydrogen-bond donors (Lipinski definition) is 0. The molecule has 2 aromatic heterocycles. The molecule has 0 N–H and O–H groups in total. The van der Waals surface area contributed by atoms with Crippen molar-refractivity contribution in [2.75, 3.05) is 6.54 Å². The summed E-state index contributed by atoms with van der Waals surface area (Å²) in [5, 5.41) is 11.7. The van der Waals surface area contributed by atoms with E-state index in [0.29, 0.717) is 22.1 Å². The zero-order valence-corrected chi connectivity index (χ0v) is 18.0. The molecule has 0 amide bonds. The molecule has 0 saturated carbocycles. The lowest BCUT2D eigenvalue weighted by Gasteiger charge is -2.15. The predicted molar refractivity (Wildman–Crippen MR) is 123 cm³/mol. The molecule has 3 heterocycles. The maximum atomic E-state index is 11.3. The van der Waals surface area contributed by atoms with Crippen molar-refractivity contribution < 1.29 is 9.34 Å². The van der Waals surface area contributed by atoms with Gasteiger partial charge in [0.2, 0.25) is 0 Å². The summed E-state index contributed by atoms with van der Waals surface area (Å²) < 4.78 is 5.89. The second-order valence-corrected chi connectivity index (χ2v) is 6.80. The number of halogens is 3. The summed E-state index contributed by atoms with van der Waals surface area (Å²) in [7, 11) is 0. The Bertz CT molecular complexity index is 1100. The molecule has 0 aliphatic carbocycles. The van der Waals surface area contributed by atoms with Crippen LogP contribution in [0.3, 0.4) is 0 Å². The molecular formula is C21H18Cl3N3O3. The standard InChI is InChI=1S/C21H16ClN3O3.2ClH/c22-16-5-7-18(19(12-16)25(26)27)20-8-6-17(28-20)11-14-3-2-10-24-21(14)15-4-1-9-23-13-15;;/h1,4-9,11-13H,2-3,10H2;2*1H/b14-11-;;. The van der Waals surface area contributed by atoms with Crippen LogP contribution >= 0.6 is 36.4 Å². The number of hydrogen-bond acceptors (Lipinski definition) is 5. The molecule has 0 fully saturated rings. The van der Waals surface area contributed by atoms with Crippen LogP contribution in [0, 0.1) is 10.1 Å². The lowest BCUT2D eigenvalue weighted by atomic mass is 9.96. The van der Waals surface area contributed by atoms with E-state index >= 15 is 0 Å². The molecule has 0 unspecified atom stereocenters. The summed E-state index contributed by atoms with van der Waals surface area (Å²) in [6.07, 6.45) is 7.31. The third kappa shape index (κ3) is 5.08. The zero-order valence-electron chi connectivity index (χ0n) is 15.7. The Labute approximate surface area is 190 Å². The molecule has 1 aromatic carbocycles. The normalized spacial score (nSPS) is 14.4. The van der Waals surface area contributed by atoms with Crippen LogP contribution in [0.4, 0.5) is 5.69 Å². The monoisotopic (exact) mass is 465 g/mol. The third-order valence-electron chi connectivity index (χ3n) is 4.48. The van der Waals surface area contributed by atoms with Gasteiger partial charge < -0.3 is 4.42 Å². The fourth-order valence-electron chi connectivity index (χ4n) is 3.21. The van der Waals surface area contributed by atoms with Crippen molar-refractivity contribution in [2.45, 2.75) is 12.8 Å². The summed E-state index contributed by atoms with van der Waals surface area (Å²) in [6, 6.07) is 11.9. The van der Waals surface area contributed by atoms with Crippen molar-refractivity contribution in [3.8, 4) is 11.3 Å². The number of nitro groups is 1. The Hall–Kier alpha value is -2.67. The Morgan fingerprint density at radius 3 is 2.73 bits per heavy atom. The largest absolute Gasteiger partial charge is 0.456 e. The van der Waals surface area contributed by atoms with Crippen LogP contribution in [0.2, 0.25) is 5.02 Å². The summed E-state index contributed by atoms with van der Waals surface area (Å²) in [5.41, 5.74) is 3.24. The minimum absolute atomic E-state index is 0. The fraction of sp³-hybridized carbons (Fsp3) is 0.143. The van der Waals surface area contributed by atoms with Crippen LogP contribution in [0.1, 0.15) is 24.2 Å². The highest BCUT2D eigenvalue weighted by Gasteiger charge is 2.19. The minimum atomic E-state index is -0.462. The average molecular weight is 467 g/mol. The molecular weight excluding hydrogens is 449 g/mol. The third-order valence-corrected chi connectivity index (χ3v) is 4.71. The number of furan rings is 1. The van der Waals surface area contributed by atoms with Crippen molar-refractivity contribution in [3.63, 3.8) is 0 Å². The van der Waals surface area contributed by atoms with E-state index in [4.69, 9.17) is 16.0 Å². The first-order chi connectivity index (χ1) is 13.6. The highest BCUT2D eigenvalue weighted by molar-refractivity contribution is 6.30. The maximum Gasteiger partial charge on any atom is 0.281 e. The van der Waals surface area contributed by atoms with Crippen LogP contribution < -0.4 is 0 Å². The number of rotatable bonds is 4. The Balaban J connectivity index is 0.00000160. The molecule has 4 rings (SSSR count). The van der Waals surface area contributed by atoms with Gasteiger partial charge in [-0.05, 0) is 60.9 Å². The molecule has 30 heavy (non-hydrogen) atoms. The molecule has 6 nitrogen and oxygen atoms in total. The van der Waals surface area contributed by atoms with Crippen molar-refractivity contribution >= 4 is 53.9 Å². The molecule has 0 radical (unpaired) electrons. The zero-order chi connectivity index (χ0) is 19.5. The van der Waals surface area contributed by atoms with Crippen LogP contribution in [0.5, 0.6) is 0 Å². The molecule has 1 aliphatic rings. The highest BCUT2D eigenvalue weighted by Crippen LogP contribution is 2.34. The van der Waals surface area contributed by atoms with Gasteiger partial charge in [0.1, 0.15) is 11.5 Å². The van der Waals surface area contributed by atoms with E-state index in [1.54, 1.807) is 36.7 Å². The van der Waals surface area contributed by atoms with E-state index < -0.39 is 4.92 Å². The summed E-state index contributed by atoms with van der Waals surface area (Å²) in [5.74, 6) is 1.04. The number of benzene rings is 1. The van der Waals surface area contributed by atoms with Gasteiger partial charge in [-0.2, -0.15) is 0 Å². The van der Waals surface area contributed by atoms with Gasteiger partial charge in [0.05, 0.1) is 16.2 Å². The number of aromatic nitrogens is 1. The number of aliphatic imine (C=N–C) groups is 1. The van der Waals surface area contributed by atoms with Crippen molar-refractivity contribution in [1.29, 1.82) is 0 Å². The summed E-state index contributed by atoms with van der Waals surface area (Å²) in [6.45, 7) is 0.780. The topological polar surface area (TPSA) is 81.5 Å². The van der Waals surface area contributed by atoms with E-state index in [0.717, 1.165) is 36.2 Å². The molecule has 0 spiro atoms. The molecule has 1 aliphatic heterocycles. The lowest BCUT2D eigenvalue weighted by molar-refractivity contribution is -0.384. The fourth-order valence-corrected chi connectivity index (χ4v) is 3.38. The van der Waals surface area contributed by atoms with Gasteiger partial charge in [-0.15, -0.1) is 24.8 Å². The molecule has 3 aromatic rings. The molecule has 9 heteroatoms. The molecule has 0 atom stereocenters. The first kappa shape index (κ1) is 23.6. The number of pyridine rings is 1. The average Bonchev–Trinajstić information content (AvgIpc) is 3.17. The Kier molecular flexibility index (Phi) is 8.17. The number of allylic oxidation sites excluding steroid dienone is 1. The first-order valence-electron chi connectivity index (χ1n) is 8.82. The van der Waals surface area contributed by atoms with E-state index in [2.05, 4.69) is 9.98 Å². The van der Waals surface area contributed by atoms with Crippen LogP contribution in [0.25, 0.3) is 17.4 Å². The SMILES string of the molecule is Cl.Cl.O=[N+]([O-])c1cc(Cl)ccc1-c1ccc(/C=C2/CCCN=C2c2cccnc2)o1. The van der Waals surface area contributed by atoms with Gasteiger partial charge in [0.25, 0.3) is 5.69 Å². The quantitative estimate of drug-likeness (QED) is 0.328. The van der Waals surface area contributed by atoms with E-state index in [9.17, 15) is 10.1 Å². The number of nitrogens with zero attached hydrogens (tertiary/aromatic N) is 3. The van der Waals surface area contributed by atoms with Gasteiger partial charge in [0, 0.05) is 35.6 Å². The van der Waals surface area contributed by atoms with E-state index in [-0.39, 0.29) is 30.5 Å². The first-order valence-corrected chi connectivity index (χ1v) is 9.19. The van der Waals surface area contributed by atoms with Crippen molar-refractivity contribution in [1.82, 2.24) is 4.98 Å². The maximum absolute atomic E-state index is 11.3. The molecule has 0 saturated heterocycles. The van der Waals surface area contributed by atoms with Gasteiger partial charge in [-0.1, -0.05) is 11.6 Å². The van der Waals surface area contributed by atoms with Gasteiger partial charge in [-0.25, -0.2) is 0 Å². The smallest absolute Gasteiger partial charge is 0.281 e. The minimum Gasteiger partial charge on any atom is -0.456 e. The van der Waals surface area contributed by atoms with Gasteiger partial charge in [0.15, 0.2) is 0 Å². The van der Waals surface area contributed by atoms with Crippen LogP contribution in [-0.4, -0.2) is 22.2 Å². The van der Waals surface area contributed by atoms with Gasteiger partial charge >= 0.3 is 0 Å². The Morgan fingerprint density at radius 1 is 1.17 bits per heavy atom. The second-order valence-electron chi connectivity index (χ2n) is 6.37. The van der Waals surface area contributed by atoms with E-state index in [1.165, 1.54) is 6.07 Å². The van der Waals surface area contributed by atoms with Crippen LogP contribution in [-0.2, 0) is 0 Å². The predicted octanol–water partition coefficient (Wildman–Crippen LogP) is 6.41. The number of nitro benzene ring substituents is 1.